The van der Waals surface area contributed by atoms with E-state index in [-0.39, 0.29) is 24.3 Å². The molecule has 0 spiro atoms. The van der Waals surface area contributed by atoms with Gasteiger partial charge in [0.2, 0.25) is 11.8 Å². The fourth-order valence-corrected chi connectivity index (χ4v) is 4.45. The summed E-state index contributed by atoms with van der Waals surface area (Å²) in [5.41, 5.74) is 3.59. The Morgan fingerprint density at radius 3 is 2.17 bits per heavy atom. The van der Waals surface area contributed by atoms with Crippen molar-refractivity contribution >= 4 is 35.0 Å². The maximum absolute atomic E-state index is 13.9. The second-order valence-electron chi connectivity index (χ2n) is 8.85. The molecule has 0 heterocycles. The highest BCUT2D eigenvalue weighted by atomic mass is 35.5. The van der Waals surface area contributed by atoms with Crippen molar-refractivity contribution in [1.82, 2.24) is 10.2 Å². The van der Waals surface area contributed by atoms with E-state index < -0.39 is 6.04 Å². The molecule has 3 rings (SSSR count). The van der Waals surface area contributed by atoms with Crippen molar-refractivity contribution in [2.45, 2.75) is 58.7 Å². The second kappa shape index (κ2) is 12.8. The molecule has 0 aliphatic heterocycles. The Morgan fingerprint density at radius 2 is 1.54 bits per heavy atom. The van der Waals surface area contributed by atoms with Gasteiger partial charge in [-0.25, -0.2) is 0 Å². The molecule has 0 aromatic heterocycles. The van der Waals surface area contributed by atoms with E-state index in [2.05, 4.69) is 5.32 Å². The maximum atomic E-state index is 13.9. The van der Waals surface area contributed by atoms with Gasteiger partial charge in [-0.1, -0.05) is 90.8 Å². The number of rotatable bonds is 10. The Labute approximate surface area is 218 Å². The lowest BCUT2D eigenvalue weighted by molar-refractivity contribution is -0.141. The summed E-state index contributed by atoms with van der Waals surface area (Å²) in [4.78, 5) is 29.1. The van der Waals surface area contributed by atoms with Crippen LogP contribution in [0, 0.1) is 6.92 Å². The largest absolute Gasteiger partial charge is 0.352 e. The van der Waals surface area contributed by atoms with Gasteiger partial charge >= 0.3 is 0 Å². The SMILES string of the molecule is CC[C@H](C)NC(=O)[C@H](Cc1ccccc1)N(Cc1ccccc1C)C(=O)Cc1c(Cl)cccc1Cl. The molecule has 3 aromatic carbocycles. The van der Waals surface area contributed by atoms with Crippen molar-refractivity contribution in [3.63, 3.8) is 0 Å². The van der Waals surface area contributed by atoms with Crippen LogP contribution in [0.15, 0.2) is 72.8 Å². The molecular weight excluding hydrogens is 479 g/mol. The van der Waals surface area contributed by atoms with E-state index in [1.807, 2.05) is 75.4 Å². The third-order valence-electron chi connectivity index (χ3n) is 6.26. The molecule has 0 saturated carbocycles. The van der Waals surface area contributed by atoms with Gasteiger partial charge in [0.05, 0.1) is 6.42 Å². The Morgan fingerprint density at radius 1 is 0.914 bits per heavy atom. The van der Waals surface area contributed by atoms with Crippen LogP contribution < -0.4 is 5.32 Å². The van der Waals surface area contributed by atoms with Gasteiger partial charge in [-0.3, -0.25) is 9.59 Å². The summed E-state index contributed by atoms with van der Waals surface area (Å²) < 4.78 is 0. The van der Waals surface area contributed by atoms with E-state index in [1.54, 1.807) is 23.1 Å². The zero-order valence-electron chi connectivity index (χ0n) is 20.4. The number of carbonyl (C=O) groups excluding carboxylic acids is 2. The summed E-state index contributed by atoms with van der Waals surface area (Å²) >= 11 is 12.8. The van der Waals surface area contributed by atoms with E-state index in [4.69, 9.17) is 23.2 Å². The number of nitrogens with zero attached hydrogens (tertiary/aromatic N) is 1. The summed E-state index contributed by atoms with van der Waals surface area (Å²) in [6.45, 7) is 6.30. The third kappa shape index (κ3) is 7.33. The zero-order chi connectivity index (χ0) is 25.4. The minimum atomic E-state index is -0.695. The number of amides is 2. The average molecular weight is 511 g/mol. The summed E-state index contributed by atoms with van der Waals surface area (Å²) in [6.07, 6.45) is 1.20. The number of hydrogen-bond acceptors (Lipinski definition) is 2. The number of nitrogens with one attached hydrogen (secondary N) is 1. The topological polar surface area (TPSA) is 49.4 Å². The fraction of sp³-hybridized carbons (Fsp3) is 0.310. The number of halogens is 2. The van der Waals surface area contributed by atoms with Gasteiger partial charge in [-0.05, 0) is 54.7 Å². The van der Waals surface area contributed by atoms with Crippen LogP contribution >= 0.6 is 23.2 Å². The van der Waals surface area contributed by atoms with Crippen molar-refractivity contribution in [2.75, 3.05) is 0 Å². The molecule has 184 valence electrons. The van der Waals surface area contributed by atoms with E-state index in [1.165, 1.54) is 0 Å². The molecule has 4 nitrogen and oxygen atoms in total. The van der Waals surface area contributed by atoms with Gasteiger partial charge in [-0.2, -0.15) is 0 Å². The van der Waals surface area contributed by atoms with E-state index in [0.717, 1.165) is 23.1 Å². The molecule has 0 radical (unpaired) electrons. The first-order chi connectivity index (χ1) is 16.8. The average Bonchev–Trinajstić information content (AvgIpc) is 2.85. The van der Waals surface area contributed by atoms with Crippen molar-refractivity contribution < 1.29 is 9.59 Å². The van der Waals surface area contributed by atoms with Gasteiger partial charge < -0.3 is 10.2 Å². The van der Waals surface area contributed by atoms with Crippen LogP contribution in [-0.4, -0.2) is 28.8 Å². The normalized spacial score (nSPS) is 12.6. The maximum Gasteiger partial charge on any atom is 0.243 e. The van der Waals surface area contributed by atoms with Crippen molar-refractivity contribution in [3.05, 3.63) is 105 Å². The van der Waals surface area contributed by atoms with E-state index in [9.17, 15) is 9.59 Å². The molecule has 0 saturated heterocycles. The number of benzene rings is 3. The second-order valence-corrected chi connectivity index (χ2v) is 9.66. The highest BCUT2D eigenvalue weighted by Crippen LogP contribution is 2.26. The molecule has 3 aromatic rings. The van der Waals surface area contributed by atoms with Gasteiger partial charge in [0, 0.05) is 29.1 Å². The van der Waals surface area contributed by atoms with Gasteiger partial charge in [-0.15, -0.1) is 0 Å². The summed E-state index contributed by atoms with van der Waals surface area (Å²) in [5, 5.41) is 3.96. The predicted octanol–water partition coefficient (Wildman–Crippen LogP) is 6.40. The van der Waals surface area contributed by atoms with Crippen molar-refractivity contribution in [3.8, 4) is 0 Å². The van der Waals surface area contributed by atoms with Crippen LogP contribution in [-0.2, 0) is 29.0 Å². The van der Waals surface area contributed by atoms with Gasteiger partial charge in [0.15, 0.2) is 0 Å². The van der Waals surface area contributed by atoms with Crippen molar-refractivity contribution in [2.24, 2.45) is 0 Å². The van der Waals surface area contributed by atoms with Crippen molar-refractivity contribution in [1.29, 1.82) is 0 Å². The number of aryl methyl sites for hydroxylation is 1. The first-order valence-corrected chi connectivity index (χ1v) is 12.7. The smallest absolute Gasteiger partial charge is 0.243 e. The van der Waals surface area contributed by atoms with Gasteiger partial charge in [0.25, 0.3) is 0 Å². The lowest BCUT2D eigenvalue weighted by atomic mass is 10.00. The van der Waals surface area contributed by atoms with E-state index >= 15 is 0 Å². The lowest BCUT2D eigenvalue weighted by Crippen LogP contribution is -2.52. The summed E-state index contributed by atoms with van der Waals surface area (Å²) in [6, 6.07) is 22.2. The summed E-state index contributed by atoms with van der Waals surface area (Å²) in [5.74, 6) is -0.376. The summed E-state index contributed by atoms with van der Waals surface area (Å²) in [7, 11) is 0. The van der Waals surface area contributed by atoms with Crippen LogP contribution in [0.3, 0.4) is 0 Å². The molecule has 6 heteroatoms. The predicted molar refractivity (Wildman–Crippen MR) is 144 cm³/mol. The molecule has 35 heavy (non-hydrogen) atoms. The zero-order valence-corrected chi connectivity index (χ0v) is 21.9. The Bertz CT molecular complexity index is 1130. The highest BCUT2D eigenvalue weighted by molar-refractivity contribution is 6.36. The molecule has 0 bridgehead atoms. The molecular formula is C29H32Cl2N2O2. The first-order valence-electron chi connectivity index (χ1n) is 11.9. The van der Waals surface area contributed by atoms with Crippen LogP contribution in [0.2, 0.25) is 10.0 Å². The molecule has 0 aliphatic rings. The van der Waals surface area contributed by atoms with E-state index in [0.29, 0.717) is 28.6 Å². The Balaban J connectivity index is 2.02. The van der Waals surface area contributed by atoms with Crippen LogP contribution in [0.1, 0.15) is 42.5 Å². The quantitative estimate of drug-likeness (QED) is 0.343. The van der Waals surface area contributed by atoms with Crippen LogP contribution in [0.25, 0.3) is 0 Å². The molecule has 0 unspecified atom stereocenters. The monoisotopic (exact) mass is 510 g/mol. The van der Waals surface area contributed by atoms with Crippen LogP contribution in [0.5, 0.6) is 0 Å². The Hall–Kier alpha value is -2.82. The fourth-order valence-electron chi connectivity index (χ4n) is 3.92. The van der Waals surface area contributed by atoms with Gasteiger partial charge in [0.1, 0.15) is 6.04 Å². The molecule has 0 fully saturated rings. The third-order valence-corrected chi connectivity index (χ3v) is 6.97. The highest BCUT2D eigenvalue weighted by Gasteiger charge is 2.31. The Kier molecular flexibility index (Phi) is 9.76. The lowest BCUT2D eigenvalue weighted by Gasteiger charge is -2.33. The van der Waals surface area contributed by atoms with Crippen LogP contribution in [0.4, 0.5) is 0 Å². The minimum Gasteiger partial charge on any atom is -0.352 e. The number of carbonyl (C=O) groups is 2. The standard InChI is InChI=1S/C29H32Cl2N2O2/c1-4-21(3)32-29(35)27(17-22-12-6-5-7-13-22)33(19-23-14-9-8-11-20(23)2)28(34)18-24-25(30)15-10-16-26(24)31/h5-16,21,27H,4,17-19H2,1-3H3,(H,32,35)/t21-,27-/m0/s1. The molecule has 2 amide bonds. The molecule has 2 atom stereocenters. The molecule has 0 aliphatic carbocycles. The molecule has 1 N–H and O–H groups in total. The number of hydrogen-bond donors (Lipinski definition) is 1. The minimum absolute atomic E-state index is 0.00537. The first kappa shape index (κ1) is 26.8.